The molecule has 1 aromatic heterocycles. The molecule has 2 rings (SSSR count). The van der Waals surface area contributed by atoms with Crippen LogP contribution in [0.25, 0.3) is 0 Å². The molecule has 3 heteroatoms. The molecule has 3 nitrogen and oxygen atoms in total. The van der Waals surface area contributed by atoms with E-state index in [1.807, 2.05) is 12.1 Å². The molecule has 0 saturated heterocycles. The fourth-order valence-electron chi connectivity index (χ4n) is 2.68. The van der Waals surface area contributed by atoms with Crippen molar-refractivity contribution in [2.75, 3.05) is 5.32 Å². The standard InChI is InChI=1S/C19H30N2O/c1-2-3-4-5-6-7-8-9-10-17-13-14-18(15-20-17)21-19(22)16-11-12-16/h13-16H,2-12H2,1H3,(H,21,22). The SMILES string of the molecule is CCCCCCCCCCc1ccc(NC(=O)C2CC2)cn1. The largest absolute Gasteiger partial charge is 0.324 e. The van der Waals surface area contributed by atoms with Crippen LogP contribution < -0.4 is 5.32 Å². The van der Waals surface area contributed by atoms with Gasteiger partial charge in [0.2, 0.25) is 5.91 Å². The van der Waals surface area contributed by atoms with Gasteiger partial charge in [-0.3, -0.25) is 9.78 Å². The molecule has 1 amide bonds. The Balaban J connectivity index is 1.55. The first kappa shape index (κ1) is 17.0. The molecule has 1 N–H and O–H groups in total. The highest BCUT2D eigenvalue weighted by Crippen LogP contribution is 2.30. The number of carbonyl (C=O) groups is 1. The molecular formula is C19H30N2O. The average molecular weight is 302 g/mol. The average Bonchev–Trinajstić information content (AvgIpc) is 3.36. The summed E-state index contributed by atoms with van der Waals surface area (Å²) >= 11 is 0. The molecule has 1 aromatic rings. The van der Waals surface area contributed by atoms with Gasteiger partial charge in [0.05, 0.1) is 11.9 Å². The highest BCUT2D eigenvalue weighted by Gasteiger charge is 2.29. The first-order valence-electron chi connectivity index (χ1n) is 9.05. The summed E-state index contributed by atoms with van der Waals surface area (Å²) in [6.07, 6.45) is 15.6. The van der Waals surface area contributed by atoms with Crippen molar-refractivity contribution in [3.8, 4) is 0 Å². The number of nitrogens with one attached hydrogen (secondary N) is 1. The van der Waals surface area contributed by atoms with Gasteiger partial charge < -0.3 is 5.32 Å². The van der Waals surface area contributed by atoms with Crippen LogP contribution in [0.1, 0.15) is 76.8 Å². The highest BCUT2D eigenvalue weighted by molar-refractivity contribution is 5.93. The molecule has 122 valence electrons. The lowest BCUT2D eigenvalue weighted by Gasteiger charge is -2.05. The second kappa shape index (κ2) is 9.60. The fraction of sp³-hybridized carbons (Fsp3) is 0.684. The van der Waals surface area contributed by atoms with Gasteiger partial charge in [-0.25, -0.2) is 0 Å². The smallest absolute Gasteiger partial charge is 0.227 e. The summed E-state index contributed by atoms with van der Waals surface area (Å²) in [5.74, 6) is 0.398. The fourth-order valence-corrected chi connectivity index (χ4v) is 2.68. The number of aromatic nitrogens is 1. The van der Waals surface area contributed by atoms with E-state index in [1.54, 1.807) is 6.20 Å². The number of carbonyl (C=O) groups excluding carboxylic acids is 1. The van der Waals surface area contributed by atoms with Gasteiger partial charge in [-0.15, -0.1) is 0 Å². The normalized spacial score (nSPS) is 14.0. The summed E-state index contributed by atoms with van der Waals surface area (Å²) in [4.78, 5) is 16.1. The number of anilines is 1. The van der Waals surface area contributed by atoms with Gasteiger partial charge in [-0.05, 0) is 37.8 Å². The molecule has 1 fully saturated rings. The monoisotopic (exact) mass is 302 g/mol. The Morgan fingerprint density at radius 3 is 2.36 bits per heavy atom. The van der Waals surface area contributed by atoms with Crippen molar-refractivity contribution in [2.24, 2.45) is 5.92 Å². The van der Waals surface area contributed by atoms with Crippen LogP contribution in [-0.2, 0) is 11.2 Å². The number of unbranched alkanes of at least 4 members (excludes halogenated alkanes) is 7. The summed E-state index contributed by atoms with van der Waals surface area (Å²) in [7, 11) is 0. The molecule has 0 bridgehead atoms. The van der Waals surface area contributed by atoms with E-state index in [4.69, 9.17) is 0 Å². The van der Waals surface area contributed by atoms with Crippen LogP contribution in [0.2, 0.25) is 0 Å². The number of hydrogen-bond donors (Lipinski definition) is 1. The van der Waals surface area contributed by atoms with Crippen LogP contribution in [0, 0.1) is 5.92 Å². The van der Waals surface area contributed by atoms with Crippen molar-refractivity contribution in [3.63, 3.8) is 0 Å². The number of hydrogen-bond acceptors (Lipinski definition) is 2. The Labute approximate surface area is 134 Å². The summed E-state index contributed by atoms with van der Waals surface area (Å²) in [5, 5.41) is 2.93. The molecule has 1 aliphatic rings. The van der Waals surface area contributed by atoms with Gasteiger partial charge >= 0.3 is 0 Å². The third kappa shape index (κ3) is 6.59. The zero-order chi connectivity index (χ0) is 15.6. The number of rotatable bonds is 11. The summed E-state index contributed by atoms with van der Waals surface area (Å²) in [6, 6.07) is 4.02. The molecule has 0 radical (unpaired) electrons. The van der Waals surface area contributed by atoms with E-state index in [0.717, 1.165) is 30.6 Å². The van der Waals surface area contributed by atoms with E-state index in [9.17, 15) is 4.79 Å². The Bertz CT molecular complexity index is 437. The first-order chi connectivity index (χ1) is 10.8. The van der Waals surface area contributed by atoms with Crippen molar-refractivity contribution < 1.29 is 4.79 Å². The minimum atomic E-state index is 0.151. The molecule has 0 spiro atoms. The first-order valence-corrected chi connectivity index (χ1v) is 9.05. The predicted octanol–water partition coefficient (Wildman–Crippen LogP) is 5.11. The van der Waals surface area contributed by atoms with E-state index in [0.29, 0.717) is 0 Å². The van der Waals surface area contributed by atoms with Crippen LogP contribution >= 0.6 is 0 Å². The second-order valence-electron chi connectivity index (χ2n) is 6.53. The predicted molar refractivity (Wildman–Crippen MR) is 91.9 cm³/mol. The number of pyridine rings is 1. The molecule has 0 unspecified atom stereocenters. The van der Waals surface area contributed by atoms with Crippen molar-refractivity contribution >= 4 is 11.6 Å². The van der Waals surface area contributed by atoms with Crippen LogP contribution in [-0.4, -0.2) is 10.9 Å². The number of nitrogens with zero attached hydrogens (tertiary/aromatic N) is 1. The minimum absolute atomic E-state index is 0.151. The molecule has 0 aromatic carbocycles. The maximum Gasteiger partial charge on any atom is 0.227 e. The molecule has 0 aliphatic heterocycles. The van der Waals surface area contributed by atoms with Gasteiger partial charge in [0.1, 0.15) is 0 Å². The molecule has 1 aliphatic carbocycles. The van der Waals surface area contributed by atoms with Crippen molar-refractivity contribution in [2.45, 2.75) is 77.6 Å². The third-order valence-electron chi connectivity index (χ3n) is 4.33. The Kier molecular flexibility index (Phi) is 7.41. The summed E-state index contributed by atoms with van der Waals surface area (Å²) < 4.78 is 0. The second-order valence-corrected chi connectivity index (χ2v) is 6.53. The summed E-state index contributed by atoms with van der Waals surface area (Å²) in [5.41, 5.74) is 1.96. The van der Waals surface area contributed by atoms with Gasteiger partial charge in [-0.2, -0.15) is 0 Å². The maximum atomic E-state index is 11.7. The molecule has 1 saturated carbocycles. The van der Waals surface area contributed by atoms with E-state index in [2.05, 4.69) is 17.2 Å². The Morgan fingerprint density at radius 2 is 1.77 bits per heavy atom. The minimum Gasteiger partial charge on any atom is -0.324 e. The van der Waals surface area contributed by atoms with Crippen molar-refractivity contribution in [1.82, 2.24) is 4.98 Å². The lowest BCUT2D eigenvalue weighted by molar-refractivity contribution is -0.117. The molecule has 22 heavy (non-hydrogen) atoms. The van der Waals surface area contributed by atoms with Crippen LogP contribution in [0.15, 0.2) is 18.3 Å². The van der Waals surface area contributed by atoms with Crippen LogP contribution in [0.3, 0.4) is 0 Å². The number of aryl methyl sites for hydroxylation is 1. The zero-order valence-corrected chi connectivity index (χ0v) is 13.9. The van der Waals surface area contributed by atoms with E-state index in [-0.39, 0.29) is 11.8 Å². The van der Waals surface area contributed by atoms with E-state index in [1.165, 1.54) is 51.4 Å². The van der Waals surface area contributed by atoms with Gasteiger partial charge in [0.15, 0.2) is 0 Å². The van der Waals surface area contributed by atoms with Gasteiger partial charge in [0, 0.05) is 11.6 Å². The zero-order valence-electron chi connectivity index (χ0n) is 13.9. The third-order valence-corrected chi connectivity index (χ3v) is 4.33. The summed E-state index contributed by atoms with van der Waals surface area (Å²) in [6.45, 7) is 2.26. The maximum absolute atomic E-state index is 11.7. The van der Waals surface area contributed by atoms with Crippen molar-refractivity contribution in [1.29, 1.82) is 0 Å². The van der Waals surface area contributed by atoms with Gasteiger partial charge in [0.25, 0.3) is 0 Å². The molecule has 0 atom stereocenters. The van der Waals surface area contributed by atoms with E-state index >= 15 is 0 Å². The lowest BCUT2D eigenvalue weighted by atomic mass is 10.1. The quantitative estimate of drug-likeness (QED) is 0.577. The highest BCUT2D eigenvalue weighted by atomic mass is 16.2. The Morgan fingerprint density at radius 1 is 1.09 bits per heavy atom. The van der Waals surface area contributed by atoms with Crippen LogP contribution in [0.4, 0.5) is 5.69 Å². The van der Waals surface area contributed by atoms with Gasteiger partial charge in [-0.1, -0.05) is 51.9 Å². The number of amides is 1. The topological polar surface area (TPSA) is 42.0 Å². The lowest BCUT2D eigenvalue weighted by Crippen LogP contribution is -2.13. The van der Waals surface area contributed by atoms with Crippen LogP contribution in [0.5, 0.6) is 0 Å². The van der Waals surface area contributed by atoms with Crippen molar-refractivity contribution in [3.05, 3.63) is 24.0 Å². The Hall–Kier alpha value is -1.38. The van der Waals surface area contributed by atoms with E-state index < -0.39 is 0 Å². The molecule has 1 heterocycles. The molecular weight excluding hydrogens is 272 g/mol.